The summed E-state index contributed by atoms with van der Waals surface area (Å²) in [7, 11) is 4.21. The van der Waals surface area contributed by atoms with Crippen molar-refractivity contribution < 1.29 is 5.11 Å². The minimum atomic E-state index is -0.470. The van der Waals surface area contributed by atoms with Gasteiger partial charge in [-0.15, -0.1) is 0 Å². The number of nitrogens with zero attached hydrogens (tertiary/aromatic N) is 2. The molecule has 1 heterocycles. The highest BCUT2D eigenvalue weighted by atomic mass is 35.5. The van der Waals surface area contributed by atoms with E-state index < -0.39 is 6.10 Å². The van der Waals surface area contributed by atoms with Gasteiger partial charge in [-0.25, -0.2) is 0 Å². The summed E-state index contributed by atoms with van der Waals surface area (Å²) in [5.74, 6) is 0. The lowest BCUT2D eigenvalue weighted by molar-refractivity contribution is 0.199. The summed E-state index contributed by atoms with van der Waals surface area (Å²) in [6.45, 7) is 3.87. The van der Waals surface area contributed by atoms with E-state index in [1.165, 1.54) is 12.8 Å². The molecule has 0 spiro atoms. The first-order valence-corrected chi connectivity index (χ1v) is 7.25. The van der Waals surface area contributed by atoms with Crippen molar-refractivity contribution in [1.29, 1.82) is 0 Å². The Balaban J connectivity index is 2.21. The molecule has 0 bridgehead atoms. The standard InChI is InChI=1S/C15H23ClN2O/c1-11(19)12-6-7-15(14(16)9-12)18-8-4-5-13(18)10-17(2)3/h6-7,9,11,13,19H,4-5,8,10H2,1-3H3/t11-,13?/m0/s1. The molecule has 0 amide bonds. The van der Waals surface area contributed by atoms with Gasteiger partial charge in [0.15, 0.2) is 0 Å². The molecule has 1 aliphatic heterocycles. The lowest BCUT2D eigenvalue weighted by Gasteiger charge is -2.30. The highest BCUT2D eigenvalue weighted by Crippen LogP contribution is 2.33. The van der Waals surface area contributed by atoms with E-state index >= 15 is 0 Å². The molecule has 0 radical (unpaired) electrons. The Morgan fingerprint density at radius 3 is 2.79 bits per heavy atom. The Labute approximate surface area is 120 Å². The van der Waals surface area contributed by atoms with E-state index in [1.54, 1.807) is 6.92 Å². The predicted molar refractivity (Wildman–Crippen MR) is 81.0 cm³/mol. The van der Waals surface area contributed by atoms with Gasteiger partial charge in [-0.3, -0.25) is 0 Å². The Hall–Kier alpha value is -0.770. The zero-order valence-corrected chi connectivity index (χ0v) is 12.7. The van der Waals surface area contributed by atoms with Crippen molar-refractivity contribution in [1.82, 2.24) is 4.90 Å². The van der Waals surface area contributed by atoms with Crippen molar-refractivity contribution in [2.24, 2.45) is 0 Å². The third-order valence-corrected chi connectivity index (χ3v) is 4.02. The fourth-order valence-corrected chi connectivity index (χ4v) is 3.08. The van der Waals surface area contributed by atoms with E-state index in [2.05, 4.69) is 23.9 Å². The molecule has 106 valence electrons. The van der Waals surface area contributed by atoms with Gasteiger partial charge in [0.25, 0.3) is 0 Å². The van der Waals surface area contributed by atoms with E-state index in [0.29, 0.717) is 6.04 Å². The summed E-state index contributed by atoms with van der Waals surface area (Å²) < 4.78 is 0. The van der Waals surface area contributed by atoms with E-state index in [4.69, 9.17) is 11.6 Å². The third-order valence-electron chi connectivity index (χ3n) is 3.72. The van der Waals surface area contributed by atoms with Gasteiger partial charge in [0.1, 0.15) is 0 Å². The Bertz CT molecular complexity index is 434. The normalized spacial score (nSPS) is 21.2. The van der Waals surface area contributed by atoms with Gasteiger partial charge in [-0.2, -0.15) is 0 Å². The molecule has 1 aromatic rings. The number of halogens is 1. The van der Waals surface area contributed by atoms with Crippen LogP contribution in [0.4, 0.5) is 5.69 Å². The minimum absolute atomic E-state index is 0.470. The summed E-state index contributed by atoms with van der Waals surface area (Å²) in [6.07, 6.45) is 1.96. The fourth-order valence-electron chi connectivity index (χ4n) is 2.78. The smallest absolute Gasteiger partial charge is 0.0762 e. The average Bonchev–Trinajstić information content (AvgIpc) is 2.75. The second-order valence-corrected chi connectivity index (χ2v) is 6.05. The molecule has 19 heavy (non-hydrogen) atoms. The van der Waals surface area contributed by atoms with E-state index in [-0.39, 0.29) is 0 Å². The molecule has 1 fully saturated rings. The molecule has 3 nitrogen and oxygen atoms in total. The highest BCUT2D eigenvalue weighted by Gasteiger charge is 2.26. The molecule has 0 aliphatic carbocycles. The van der Waals surface area contributed by atoms with Crippen LogP contribution < -0.4 is 4.90 Å². The van der Waals surface area contributed by atoms with Crippen molar-refractivity contribution >= 4 is 17.3 Å². The fraction of sp³-hybridized carbons (Fsp3) is 0.600. The molecule has 1 N–H and O–H groups in total. The molecular formula is C15H23ClN2O. The molecule has 1 aliphatic rings. The molecule has 1 saturated heterocycles. The maximum atomic E-state index is 9.60. The van der Waals surface area contributed by atoms with Crippen molar-refractivity contribution in [3.63, 3.8) is 0 Å². The van der Waals surface area contributed by atoms with E-state index in [9.17, 15) is 5.11 Å². The summed E-state index contributed by atoms with van der Waals surface area (Å²) in [4.78, 5) is 4.62. The van der Waals surface area contributed by atoms with Crippen molar-refractivity contribution in [3.8, 4) is 0 Å². The Kier molecular flexibility index (Phi) is 4.71. The van der Waals surface area contributed by atoms with Crippen LogP contribution >= 0.6 is 11.6 Å². The van der Waals surface area contributed by atoms with Gasteiger partial charge in [-0.1, -0.05) is 17.7 Å². The first-order chi connectivity index (χ1) is 8.99. The van der Waals surface area contributed by atoms with Gasteiger partial charge < -0.3 is 14.9 Å². The number of aliphatic hydroxyl groups excluding tert-OH is 1. The van der Waals surface area contributed by atoms with Crippen LogP contribution in [0.2, 0.25) is 5.02 Å². The first-order valence-electron chi connectivity index (χ1n) is 6.88. The number of anilines is 1. The monoisotopic (exact) mass is 282 g/mol. The Morgan fingerprint density at radius 1 is 1.47 bits per heavy atom. The topological polar surface area (TPSA) is 26.7 Å². The molecule has 4 heteroatoms. The van der Waals surface area contributed by atoms with Crippen LogP contribution in [0, 0.1) is 0 Å². The van der Waals surface area contributed by atoms with Crippen LogP contribution in [-0.2, 0) is 0 Å². The van der Waals surface area contributed by atoms with E-state index in [1.807, 2.05) is 18.2 Å². The summed E-state index contributed by atoms with van der Waals surface area (Å²) in [5, 5.41) is 10.3. The van der Waals surface area contributed by atoms with Crippen molar-refractivity contribution in [2.75, 3.05) is 32.1 Å². The lowest BCUT2D eigenvalue weighted by Crippen LogP contribution is -2.37. The number of benzene rings is 1. The number of hydrogen-bond acceptors (Lipinski definition) is 3. The van der Waals surface area contributed by atoms with Gasteiger partial charge in [0.05, 0.1) is 16.8 Å². The van der Waals surface area contributed by atoms with Crippen LogP contribution in [0.25, 0.3) is 0 Å². The SMILES string of the molecule is C[C@H](O)c1ccc(N2CCCC2CN(C)C)c(Cl)c1. The first kappa shape index (κ1) is 14.6. The number of aliphatic hydroxyl groups is 1. The number of likely N-dealkylation sites (N-methyl/N-ethyl adjacent to an activating group) is 1. The molecule has 2 atom stereocenters. The number of rotatable bonds is 4. The molecule has 2 rings (SSSR count). The zero-order valence-electron chi connectivity index (χ0n) is 11.9. The van der Waals surface area contributed by atoms with Crippen LogP contribution in [0.5, 0.6) is 0 Å². The molecule has 1 aromatic carbocycles. The molecular weight excluding hydrogens is 260 g/mol. The van der Waals surface area contributed by atoms with Crippen LogP contribution in [0.15, 0.2) is 18.2 Å². The summed E-state index contributed by atoms with van der Waals surface area (Å²) in [5.41, 5.74) is 1.97. The van der Waals surface area contributed by atoms with Gasteiger partial charge in [-0.05, 0) is 51.6 Å². The highest BCUT2D eigenvalue weighted by molar-refractivity contribution is 6.33. The third kappa shape index (κ3) is 3.41. The largest absolute Gasteiger partial charge is 0.389 e. The van der Waals surface area contributed by atoms with E-state index in [0.717, 1.165) is 29.4 Å². The predicted octanol–water partition coefficient (Wildman–Crippen LogP) is 2.92. The number of hydrogen-bond donors (Lipinski definition) is 1. The van der Waals surface area contributed by atoms with Crippen molar-refractivity contribution in [3.05, 3.63) is 28.8 Å². The van der Waals surface area contributed by atoms with Crippen LogP contribution in [0.3, 0.4) is 0 Å². The van der Waals surface area contributed by atoms with Gasteiger partial charge in [0.2, 0.25) is 0 Å². The van der Waals surface area contributed by atoms with Crippen molar-refractivity contribution in [2.45, 2.75) is 31.9 Å². The average molecular weight is 283 g/mol. The summed E-state index contributed by atoms with van der Waals surface area (Å²) in [6, 6.07) is 6.42. The molecule has 0 saturated carbocycles. The maximum Gasteiger partial charge on any atom is 0.0762 e. The van der Waals surface area contributed by atoms with Crippen LogP contribution in [0.1, 0.15) is 31.4 Å². The maximum absolute atomic E-state index is 9.60. The minimum Gasteiger partial charge on any atom is -0.389 e. The summed E-state index contributed by atoms with van der Waals surface area (Å²) >= 11 is 6.39. The molecule has 0 aromatic heterocycles. The molecule has 1 unspecified atom stereocenters. The zero-order chi connectivity index (χ0) is 14.0. The van der Waals surface area contributed by atoms with Crippen LogP contribution in [-0.4, -0.2) is 43.2 Å². The Morgan fingerprint density at radius 2 is 2.21 bits per heavy atom. The quantitative estimate of drug-likeness (QED) is 0.920. The lowest BCUT2D eigenvalue weighted by atomic mass is 10.1. The second kappa shape index (κ2) is 6.12. The van der Waals surface area contributed by atoms with Gasteiger partial charge in [0, 0.05) is 19.1 Å². The second-order valence-electron chi connectivity index (χ2n) is 5.64. The van der Waals surface area contributed by atoms with Gasteiger partial charge >= 0.3 is 0 Å².